The summed E-state index contributed by atoms with van der Waals surface area (Å²) < 4.78 is 1.86. The summed E-state index contributed by atoms with van der Waals surface area (Å²) in [5, 5.41) is 2.80. The van der Waals surface area contributed by atoms with Crippen molar-refractivity contribution in [1.29, 1.82) is 0 Å². The first kappa shape index (κ1) is 19.4. The van der Waals surface area contributed by atoms with Crippen molar-refractivity contribution >= 4 is 30.7 Å². The zero-order valence-electron chi connectivity index (χ0n) is 11.7. The van der Waals surface area contributed by atoms with Crippen molar-refractivity contribution < 1.29 is 4.79 Å². The first-order chi connectivity index (χ1) is 9.16. The number of nitrogens with two attached hydrogens (primary N) is 1. The first-order valence-electron chi connectivity index (χ1n) is 6.20. The number of imidazole rings is 1. The van der Waals surface area contributed by atoms with E-state index >= 15 is 0 Å². The molecule has 21 heavy (non-hydrogen) atoms. The number of hydrogen-bond acceptors (Lipinski definition) is 3. The number of hydrogen-bond donors (Lipinski definition) is 2. The molecule has 0 fully saturated rings. The molecule has 2 aromatic rings. The van der Waals surface area contributed by atoms with E-state index in [-0.39, 0.29) is 30.7 Å². The molecule has 1 atom stereocenters. The van der Waals surface area contributed by atoms with Crippen LogP contribution >= 0.6 is 24.8 Å². The van der Waals surface area contributed by atoms with Gasteiger partial charge in [0, 0.05) is 19.4 Å². The van der Waals surface area contributed by atoms with Crippen molar-refractivity contribution in [3.63, 3.8) is 0 Å². The van der Waals surface area contributed by atoms with Gasteiger partial charge in [-0.2, -0.15) is 0 Å². The Morgan fingerprint density at radius 2 is 2.00 bits per heavy atom. The van der Waals surface area contributed by atoms with Crippen LogP contribution in [0.5, 0.6) is 0 Å². The van der Waals surface area contributed by atoms with Crippen LogP contribution in [0.15, 0.2) is 42.7 Å². The molecular weight excluding hydrogens is 311 g/mol. The van der Waals surface area contributed by atoms with Gasteiger partial charge in [-0.15, -0.1) is 24.8 Å². The Morgan fingerprint density at radius 1 is 1.33 bits per heavy atom. The quantitative estimate of drug-likeness (QED) is 0.871. The van der Waals surface area contributed by atoms with Crippen LogP contribution in [-0.4, -0.2) is 21.5 Å². The summed E-state index contributed by atoms with van der Waals surface area (Å²) in [6.45, 7) is 0.394. The van der Waals surface area contributed by atoms with Crippen molar-refractivity contribution in [3.05, 3.63) is 54.1 Å². The van der Waals surface area contributed by atoms with E-state index in [0.717, 1.165) is 11.4 Å². The minimum absolute atomic E-state index is 0. The monoisotopic (exact) mass is 330 g/mol. The lowest BCUT2D eigenvalue weighted by Gasteiger charge is -2.12. The number of aromatic nitrogens is 2. The van der Waals surface area contributed by atoms with Crippen molar-refractivity contribution in [2.75, 3.05) is 0 Å². The molecule has 1 amide bonds. The van der Waals surface area contributed by atoms with Gasteiger partial charge in [0.05, 0.1) is 12.6 Å². The molecule has 0 bridgehead atoms. The molecule has 0 radical (unpaired) electrons. The number of rotatable bonds is 5. The van der Waals surface area contributed by atoms with Gasteiger partial charge in [0.2, 0.25) is 5.91 Å². The van der Waals surface area contributed by atoms with E-state index in [2.05, 4.69) is 10.3 Å². The number of nitrogens with zero attached hydrogens (tertiary/aromatic N) is 2. The SMILES string of the molecule is Cl.Cl.Cn1ccnc1CNC(=O)C(N)Cc1ccccc1. The molecule has 0 aliphatic rings. The Hall–Kier alpha value is -1.56. The highest BCUT2D eigenvalue weighted by Crippen LogP contribution is 2.02. The van der Waals surface area contributed by atoms with Crippen LogP contribution in [-0.2, 0) is 24.8 Å². The maximum Gasteiger partial charge on any atom is 0.237 e. The highest BCUT2D eigenvalue weighted by molar-refractivity contribution is 5.85. The molecule has 0 spiro atoms. The number of nitrogens with one attached hydrogen (secondary N) is 1. The summed E-state index contributed by atoms with van der Waals surface area (Å²) in [6.07, 6.45) is 4.07. The molecular formula is C14H20Cl2N4O. The first-order valence-corrected chi connectivity index (χ1v) is 6.20. The predicted octanol–water partition coefficient (Wildman–Crippen LogP) is 1.45. The minimum atomic E-state index is -0.539. The number of benzene rings is 1. The summed E-state index contributed by atoms with van der Waals surface area (Å²) >= 11 is 0. The van der Waals surface area contributed by atoms with E-state index in [4.69, 9.17) is 5.73 Å². The second kappa shape index (κ2) is 9.39. The third-order valence-electron chi connectivity index (χ3n) is 2.98. The van der Waals surface area contributed by atoms with Gasteiger partial charge in [0.15, 0.2) is 0 Å². The van der Waals surface area contributed by atoms with Gasteiger partial charge in [0.25, 0.3) is 0 Å². The normalized spacial score (nSPS) is 11.0. The topological polar surface area (TPSA) is 72.9 Å². The largest absolute Gasteiger partial charge is 0.348 e. The number of halogens is 2. The Kier molecular flexibility index (Phi) is 8.69. The molecule has 1 aromatic heterocycles. The molecule has 0 saturated carbocycles. The van der Waals surface area contributed by atoms with Crippen LogP contribution in [0.1, 0.15) is 11.4 Å². The average Bonchev–Trinajstić information content (AvgIpc) is 2.82. The summed E-state index contributed by atoms with van der Waals surface area (Å²) in [7, 11) is 1.89. The molecule has 3 N–H and O–H groups in total. The average molecular weight is 331 g/mol. The summed E-state index contributed by atoms with van der Waals surface area (Å²) in [5.41, 5.74) is 6.95. The molecule has 5 nitrogen and oxygen atoms in total. The fourth-order valence-corrected chi connectivity index (χ4v) is 1.82. The van der Waals surface area contributed by atoms with Crippen molar-refractivity contribution in [1.82, 2.24) is 14.9 Å². The van der Waals surface area contributed by atoms with E-state index in [9.17, 15) is 4.79 Å². The van der Waals surface area contributed by atoms with Crippen molar-refractivity contribution in [2.45, 2.75) is 19.0 Å². The molecule has 0 aliphatic carbocycles. The summed E-state index contributed by atoms with van der Waals surface area (Å²) in [4.78, 5) is 16.0. The lowest BCUT2D eigenvalue weighted by molar-refractivity contribution is -0.122. The smallest absolute Gasteiger partial charge is 0.237 e. The highest BCUT2D eigenvalue weighted by Gasteiger charge is 2.14. The van der Waals surface area contributed by atoms with Crippen LogP contribution in [0.4, 0.5) is 0 Å². The van der Waals surface area contributed by atoms with Crippen molar-refractivity contribution in [2.24, 2.45) is 12.8 Å². The van der Waals surface area contributed by atoms with Crippen LogP contribution in [0.2, 0.25) is 0 Å². The lowest BCUT2D eigenvalue weighted by atomic mass is 10.1. The van der Waals surface area contributed by atoms with Gasteiger partial charge in [-0.05, 0) is 12.0 Å². The molecule has 1 heterocycles. The second-order valence-corrected chi connectivity index (χ2v) is 4.47. The van der Waals surface area contributed by atoms with Gasteiger partial charge in [-0.1, -0.05) is 30.3 Å². The van der Waals surface area contributed by atoms with Gasteiger partial charge in [-0.3, -0.25) is 4.79 Å². The molecule has 116 valence electrons. The molecule has 1 aromatic carbocycles. The van der Waals surface area contributed by atoms with E-state index in [1.807, 2.05) is 48.1 Å². The Morgan fingerprint density at radius 3 is 2.57 bits per heavy atom. The summed E-state index contributed by atoms with van der Waals surface area (Å²) in [5.74, 6) is 0.645. The van der Waals surface area contributed by atoms with E-state index in [1.165, 1.54) is 0 Å². The fraction of sp³-hybridized carbons (Fsp3) is 0.286. The third-order valence-corrected chi connectivity index (χ3v) is 2.98. The fourth-order valence-electron chi connectivity index (χ4n) is 1.82. The van der Waals surface area contributed by atoms with Gasteiger partial charge in [-0.25, -0.2) is 4.98 Å². The Bertz CT molecular complexity index is 545. The van der Waals surface area contributed by atoms with Crippen LogP contribution < -0.4 is 11.1 Å². The number of carbonyl (C=O) groups excluding carboxylic acids is 1. The highest BCUT2D eigenvalue weighted by atomic mass is 35.5. The second-order valence-electron chi connectivity index (χ2n) is 4.47. The number of carbonyl (C=O) groups is 1. The Labute approximate surface area is 136 Å². The molecule has 7 heteroatoms. The maximum absolute atomic E-state index is 11.9. The molecule has 0 saturated heterocycles. The third kappa shape index (κ3) is 5.75. The van der Waals surface area contributed by atoms with Gasteiger partial charge >= 0.3 is 0 Å². The van der Waals surface area contributed by atoms with Crippen LogP contribution in [0.3, 0.4) is 0 Å². The van der Waals surface area contributed by atoms with Crippen LogP contribution in [0.25, 0.3) is 0 Å². The minimum Gasteiger partial charge on any atom is -0.348 e. The summed E-state index contributed by atoms with van der Waals surface area (Å²) in [6, 6.07) is 9.21. The van der Waals surface area contributed by atoms with Gasteiger partial charge in [0.1, 0.15) is 5.82 Å². The maximum atomic E-state index is 11.9. The standard InChI is InChI=1S/C14H18N4O.2ClH/c1-18-8-7-16-13(18)10-17-14(19)12(15)9-11-5-3-2-4-6-11;;/h2-8,12H,9-10,15H2,1H3,(H,17,19);2*1H. The van der Waals surface area contributed by atoms with Gasteiger partial charge < -0.3 is 15.6 Å². The molecule has 0 aliphatic heterocycles. The van der Waals surface area contributed by atoms with E-state index in [1.54, 1.807) is 6.20 Å². The zero-order chi connectivity index (χ0) is 13.7. The Balaban J connectivity index is 0.00000200. The predicted molar refractivity (Wildman–Crippen MR) is 87.7 cm³/mol. The molecule has 1 unspecified atom stereocenters. The number of aryl methyl sites for hydroxylation is 1. The van der Waals surface area contributed by atoms with E-state index in [0.29, 0.717) is 13.0 Å². The zero-order valence-corrected chi connectivity index (χ0v) is 13.4. The number of amides is 1. The van der Waals surface area contributed by atoms with E-state index < -0.39 is 6.04 Å². The van der Waals surface area contributed by atoms with Crippen molar-refractivity contribution in [3.8, 4) is 0 Å². The molecule has 2 rings (SSSR count). The van der Waals surface area contributed by atoms with Crippen LogP contribution in [0, 0.1) is 0 Å². The lowest BCUT2D eigenvalue weighted by Crippen LogP contribution is -2.42.